The maximum atomic E-state index is 8.75. The van der Waals surface area contributed by atoms with Crippen molar-refractivity contribution in [2.75, 3.05) is 0 Å². The number of oxime groups is 1. The maximum Gasteiger partial charge on any atom is 0.189 e. The average molecular weight is 274 g/mol. The van der Waals surface area contributed by atoms with Gasteiger partial charge in [-0.3, -0.25) is 9.67 Å². The maximum absolute atomic E-state index is 8.75. The summed E-state index contributed by atoms with van der Waals surface area (Å²) in [5.74, 6) is 0.0159. The smallest absolute Gasteiger partial charge is 0.189 e. The Kier molecular flexibility index (Phi) is 4.67. The highest BCUT2D eigenvalue weighted by molar-refractivity contribution is 5.96. The van der Waals surface area contributed by atoms with Gasteiger partial charge < -0.3 is 16.3 Å². The van der Waals surface area contributed by atoms with Gasteiger partial charge in [-0.05, 0) is 24.6 Å². The van der Waals surface area contributed by atoms with Gasteiger partial charge in [0.1, 0.15) is 5.69 Å². The number of aromatic nitrogens is 3. The van der Waals surface area contributed by atoms with E-state index in [0.29, 0.717) is 12.2 Å². The predicted octanol–water partition coefficient (Wildman–Crippen LogP) is 0.551. The first-order valence-corrected chi connectivity index (χ1v) is 6.33. The van der Waals surface area contributed by atoms with Gasteiger partial charge in [-0.2, -0.15) is 5.10 Å². The summed E-state index contributed by atoms with van der Waals surface area (Å²) in [5.41, 5.74) is 6.99. The summed E-state index contributed by atoms with van der Waals surface area (Å²) in [6.07, 6.45) is 5.29. The van der Waals surface area contributed by atoms with Crippen molar-refractivity contribution >= 4 is 5.84 Å². The van der Waals surface area contributed by atoms with Crippen LogP contribution in [0.2, 0.25) is 0 Å². The molecule has 0 bridgehead atoms. The Morgan fingerprint density at radius 3 is 3.05 bits per heavy atom. The molecule has 0 fully saturated rings. The van der Waals surface area contributed by atoms with E-state index in [9.17, 15) is 0 Å². The van der Waals surface area contributed by atoms with Gasteiger partial charge in [-0.1, -0.05) is 11.2 Å². The summed E-state index contributed by atoms with van der Waals surface area (Å²) < 4.78 is 1.87. The molecule has 2 aromatic heterocycles. The van der Waals surface area contributed by atoms with Crippen molar-refractivity contribution in [2.24, 2.45) is 10.9 Å². The lowest BCUT2D eigenvalue weighted by Gasteiger charge is -2.15. The van der Waals surface area contributed by atoms with E-state index in [4.69, 9.17) is 10.9 Å². The molecule has 4 N–H and O–H groups in total. The van der Waals surface area contributed by atoms with E-state index in [1.54, 1.807) is 12.4 Å². The van der Waals surface area contributed by atoms with Gasteiger partial charge in [0.05, 0.1) is 6.54 Å². The molecule has 0 spiro atoms. The molecule has 1 atom stereocenters. The Hall–Kier alpha value is -2.41. The van der Waals surface area contributed by atoms with Crippen molar-refractivity contribution in [3.05, 3.63) is 48.0 Å². The summed E-state index contributed by atoms with van der Waals surface area (Å²) in [6, 6.07) is 5.84. The number of pyridine rings is 1. The number of hydrogen-bond acceptors (Lipinski definition) is 5. The number of nitrogens with zero attached hydrogens (tertiary/aromatic N) is 4. The van der Waals surface area contributed by atoms with Crippen molar-refractivity contribution in [1.29, 1.82) is 0 Å². The van der Waals surface area contributed by atoms with Crippen LogP contribution in [0.25, 0.3) is 0 Å². The van der Waals surface area contributed by atoms with Crippen molar-refractivity contribution in [1.82, 2.24) is 20.1 Å². The van der Waals surface area contributed by atoms with Crippen molar-refractivity contribution in [3.63, 3.8) is 0 Å². The van der Waals surface area contributed by atoms with E-state index >= 15 is 0 Å². The number of rotatable bonds is 6. The third-order valence-electron chi connectivity index (χ3n) is 2.90. The predicted molar refractivity (Wildman–Crippen MR) is 75.3 cm³/mol. The van der Waals surface area contributed by atoms with E-state index in [-0.39, 0.29) is 11.9 Å². The Bertz CT molecular complexity index is 566. The monoisotopic (exact) mass is 274 g/mol. The minimum atomic E-state index is 0.0159. The molecule has 0 aliphatic carbocycles. The largest absolute Gasteiger partial charge is 0.409 e. The molecule has 0 radical (unpaired) electrons. The molecule has 1 unspecified atom stereocenters. The third-order valence-corrected chi connectivity index (χ3v) is 2.90. The summed E-state index contributed by atoms with van der Waals surface area (Å²) in [6.45, 7) is 3.43. The van der Waals surface area contributed by atoms with Gasteiger partial charge >= 0.3 is 0 Å². The standard InChI is InChI=1S/C13H18N6O/c1-10(9-19-7-3-6-17-19)16-8-11-4-2-5-15-12(11)13(14)18-20/h2-7,10,16,20H,8-9H2,1H3,(H2,14,18). The molecule has 2 rings (SSSR count). The van der Waals surface area contributed by atoms with E-state index < -0.39 is 0 Å². The lowest BCUT2D eigenvalue weighted by molar-refractivity contribution is 0.318. The quantitative estimate of drug-likeness (QED) is 0.309. The molecular formula is C13H18N6O. The Labute approximate surface area is 117 Å². The molecule has 0 aliphatic heterocycles. The SMILES string of the molecule is CC(Cn1cccn1)NCc1cccnc1C(N)=NO. The second-order valence-electron chi connectivity index (χ2n) is 4.51. The number of hydrogen-bond donors (Lipinski definition) is 3. The van der Waals surface area contributed by atoms with Crippen LogP contribution in [0.4, 0.5) is 0 Å². The van der Waals surface area contributed by atoms with Crippen LogP contribution in [0, 0.1) is 0 Å². The van der Waals surface area contributed by atoms with E-state index in [1.165, 1.54) is 0 Å². The fourth-order valence-corrected chi connectivity index (χ4v) is 1.90. The van der Waals surface area contributed by atoms with Crippen molar-refractivity contribution < 1.29 is 5.21 Å². The molecule has 2 aromatic rings. The molecule has 7 heteroatoms. The summed E-state index contributed by atoms with van der Waals surface area (Å²) >= 11 is 0. The van der Waals surface area contributed by atoms with Crippen LogP contribution < -0.4 is 11.1 Å². The lowest BCUT2D eigenvalue weighted by atomic mass is 10.1. The molecule has 2 heterocycles. The fourth-order valence-electron chi connectivity index (χ4n) is 1.90. The van der Waals surface area contributed by atoms with Crippen LogP contribution in [-0.2, 0) is 13.1 Å². The third kappa shape index (κ3) is 3.55. The zero-order chi connectivity index (χ0) is 14.4. The average Bonchev–Trinajstić information content (AvgIpc) is 2.97. The van der Waals surface area contributed by atoms with Crippen molar-refractivity contribution in [2.45, 2.75) is 26.1 Å². The molecule has 0 aliphatic rings. The highest BCUT2D eigenvalue weighted by atomic mass is 16.4. The summed E-state index contributed by atoms with van der Waals surface area (Å²) in [7, 11) is 0. The van der Waals surface area contributed by atoms with Crippen LogP contribution in [0.1, 0.15) is 18.2 Å². The van der Waals surface area contributed by atoms with Gasteiger partial charge in [0.15, 0.2) is 5.84 Å². The summed E-state index contributed by atoms with van der Waals surface area (Å²) in [4.78, 5) is 4.13. The van der Waals surface area contributed by atoms with Gasteiger partial charge in [-0.15, -0.1) is 0 Å². The Balaban J connectivity index is 1.97. The first-order chi connectivity index (χ1) is 9.70. The normalized spacial score (nSPS) is 13.3. The van der Waals surface area contributed by atoms with Crippen LogP contribution in [0.5, 0.6) is 0 Å². The van der Waals surface area contributed by atoms with Crippen LogP contribution >= 0.6 is 0 Å². The van der Waals surface area contributed by atoms with Gasteiger partial charge in [0.25, 0.3) is 0 Å². The highest BCUT2D eigenvalue weighted by Crippen LogP contribution is 2.05. The van der Waals surface area contributed by atoms with Gasteiger partial charge in [0, 0.05) is 31.2 Å². The Morgan fingerprint density at radius 2 is 2.35 bits per heavy atom. The molecule has 7 nitrogen and oxygen atoms in total. The molecule has 0 saturated carbocycles. The molecule has 20 heavy (non-hydrogen) atoms. The van der Waals surface area contributed by atoms with E-state index in [1.807, 2.05) is 29.1 Å². The number of nitrogens with one attached hydrogen (secondary N) is 1. The first-order valence-electron chi connectivity index (χ1n) is 6.33. The molecule has 0 amide bonds. The zero-order valence-electron chi connectivity index (χ0n) is 11.3. The van der Waals surface area contributed by atoms with Crippen LogP contribution in [-0.4, -0.2) is 31.8 Å². The lowest BCUT2D eigenvalue weighted by Crippen LogP contribution is -2.31. The van der Waals surface area contributed by atoms with Gasteiger partial charge in [-0.25, -0.2) is 0 Å². The van der Waals surface area contributed by atoms with Crippen LogP contribution in [0.3, 0.4) is 0 Å². The zero-order valence-corrected chi connectivity index (χ0v) is 11.3. The second kappa shape index (κ2) is 6.67. The molecule has 106 valence electrons. The fraction of sp³-hybridized carbons (Fsp3) is 0.308. The topological polar surface area (TPSA) is 101 Å². The molecular weight excluding hydrogens is 256 g/mol. The van der Waals surface area contributed by atoms with E-state index in [0.717, 1.165) is 12.1 Å². The van der Waals surface area contributed by atoms with E-state index in [2.05, 4.69) is 27.5 Å². The minimum absolute atomic E-state index is 0.0159. The highest BCUT2D eigenvalue weighted by Gasteiger charge is 2.09. The molecule has 0 saturated heterocycles. The number of amidine groups is 1. The molecule has 0 aromatic carbocycles. The minimum Gasteiger partial charge on any atom is -0.409 e. The van der Waals surface area contributed by atoms with Crippen LogP contribution in [0.15, 0.2) is 41.9 Å². The van der Waals surface area contributed by atoms with Gasteiger partial charge in [0.2, 0.25) is 0 Å². The number of nitrogens with two attached hydrogens (primary N) is 1. The summed E-state index contributed by atoms with van der Waals surface area (Å²) in [5, 5.41) is 19.3. The van der Waals surface area contributed by atoms with Crippen molar-refractivity contribution in [3.8, 4) is 0 Å². The first kappa shape index (κ1) is 14.0. The Morgan fingerprint density at radius 1 is 1.50 bits per heavy atom. The second-order valence-corrected chi connectivity index (χ2v) is 4.51.